The first-order chi connectivity index (χ1) is 12.4. The zero-order valence-electron chi connectivity index (χ0n) is 15.0. The second-order valence-corrected chi connectivity index (χ2v) is 7.83. The Bertz CT molecular complexity index is 851. The van der Waals surface area contributed by atoms with Crippen molar-refractivity contribution in [3.8, 4) is 0 Å². The SMILES string of the molecule is COC(=O)c1ccc(S(=O)(=O)N(CCN)CCc2ccccc2)cc1C. The quantitative estimate of drug-likeness (QED) is 0.712. The molecule has 0 aromatic heterocycles. The Morgan fingerprint density at radius 1 is 1.12 bits per heavy atom. The zero-order chi connectivity index (χ0) is 19.2. The molecule has 2 rings (SSSR count). The van der Waals surface area contributed by atoms with E-state index < -0.39 is 16.0 Å². The molecule has 2 aromatic carbocycles. The summed E-state index contributed by atoms with van der Waals surface area (Å²) in [5.74, 6) is -0.491. The van der Waals surface area contributed by atoms with Crippen molar-refractivity contribution in [1.82, 2.24) is 4.31 Å². The number of nitrogens with two attached hydrogens (primary N) is 1. The summed E-state index contributed by atoms with van der Waals surface area (Å²) in [6.07, 6.45) is 0.597. The van der Waals surface area contributed by atoms with Gasteiger partial charge >= 0.3 is 5.97 Å². The highest BCUT2D eigenvalue weighted by Crippen LogP contribution is 2.20. The van der Waals surface area contributed by atoms with Crippen LogP contribution in [0.5, 0.6) is 0 Å². The number of esters is 1. The molecular weight excluding hydrogens is 352 g/mol. The number of carbonyl (C=O) groups excluding carboxylic acids is 1. The van der Waals surface area contributed by atoms with Crippen LogP contribution in [0.15, 0.2) is 53.4 Å². The van der Waals surface area contributed by atoms with Crippen molar-refractivity contribution in [2.24, 2.45) is 5.73 Å². The van der Waals surface area contributed by atoms with E-state index >= 15 is 0 Å². The molecule has 0 atom stereocenters. The summed E-state index contributed by atoms with van der Waals surface area (Å²) < 4.78 is 32.1. The van der Waals surface area contributed by atoms with Crippen LogP contribution >= 0.6 is 0 Å². The van der Waals surface area contributed by atoms with Crippen molar-refractivity contribution in [3.05, 3.63) is 65.2 Å². The van der Waals surface area contributed by atoms with Crippen molar-refractivity contribution in [2.45, 2.75) is 18.2 Å². The number of aryl methyl sites for hydroxylation is 1. The second kappa shape index (κ2) is 8.93. The average molecular weight is 376 g/mol. The van der Waals surface area contributed by atoms with Gasteiger partial charge in [0.05, 0.1) is 17.6 Å². The normalized spacial score (nSPS) is 11.5. The number of hydrogen-bond acceptors (Lipinski definition) is 5. The predicted octanol–water partition coefficient (Wildman–Crippen LogP) is 1.97. The number of methoxy groups -OCH3 is 1. The molecule has 0 spiro atoms. The highest BCUT2D eigenvalue weighted by atomic mass is 32.2. The van der Waals surface area contributed by atoms with Gasteiger partial charge in [0.1, 0.15) is 0 Å². The van der Waals surface area contributed by atoms with Crippen molar-refractivity contribution >= 4 is 16.0 Å². The number of benzene rings is 2. The smallest absolute Gasteiger partial charge is 0.338 e. The van der Waals surface area contributed by atoms with E-state index in [9.17, 15) is 13.2 Å². The Balaban J connectivity index is 2.26. The van der Waals surface area contributed by atoms with Gasteiger partial charge in [0.15, 0.2) is 0 Å². The molecule has 2 aromatic rings. The maximum atomic E-state index is 13.0. The maximum absolute atomic E-state index is 13.0. The molecular formula is C19H24N2O4S. The van der Waals surface area contributed by atoms with E-state index in [1.54, 1.807) is 6.92 Å². The molecule has 0 unspecified atom stereocenters. The molecule has 6 nitrogen and oxygen atoms in total. The third kappa shape index (κ3) is 4.69. The van der Waals surface area contributed by atoms with Crippen LogP contribution < -0.4 is 5.73 Å². The minimum absolute atomic E-state index is 0.143. The van der Waals surface area contributed by atoms with E-state index in [0.717, 1.165) is 5.56 Å². The fraction of sp³-hybridized carbons (Fsp3) is 0.316. The van der Waals surface area contributed by atoms with Gasteiger partial charge in [0.25, 0.3) is 0 Å². The molecule has 0 heterocycles. The van der Waals surface area contributed by atoms with Crippen LogP contribution in [0.25, 0.3) is 0 Å². The van der Waals surface area contributed by atoms with Gasteiger partial charge in [0, 0.05) is 19.6 Å². The number of rotatable bonds is 8. The van der Waals surface area contributed by atoms with Crippen molar-refractivity contribution < 1.29 is 17.9 Å². The van der Waals surface area contributed by atoms with Crippen LogP contribution in [0.2, 0.25) is 0 Å². The molecule has 7 heteroatoms. The molecule has 0 saturated heterocycles. The van der Waals surface area contributed by atoms with Crippen molar-refractivity contribution in [3.63, 3.8) is 0 Å². The summed E-state index contributed by atoms with van der Waals surface area (Å²) in [6.45, 7) is 2.48. The highest BCUT2D eigenvalue weighted by Gasteiger charge is 2.25. The molecule has 0 amide bonds. The third-order valence-electron chi connectivity index (χ3n) is 4.11. The number of sulfonamides is 1. The van der Waals surface area contributed by atoms with Crippen LogP contribution in [-0.2, 0) is 21.2 Å². The van der Waals surface area contributed by atoms with E-state index in [-0.39, 0.29) is 18.0 Å². The Labute approximate surface area is 154 Å². The highest BCUT2D eigenvalue weighted by molar-refractivity contribution is 7.89. The Hall–Kier alpha value is -2.22. The molecule has 0 saturated carbocycles. The van der Waals surface area contributed by atoms with E-state index in [1.807, 2.05) is 30.3 Å². The number of ether oxygens (including phenoxy) is 1. The van der Waals surface area contributed by atoms with Crippen LogP contribution in [0.4, 0.5) is 0 Å². The van der Waals surface area contributed by atoms with Gasteiger partial charge in [-0.3, -0.25) is 0 Å². The minimum Gasteiger partial charge on any atom is -0.465 e. The largest absolute Gasteiger partial charge is 0.465 e. The molecule has 0 aliphatic rings. The van der Waals surface area contributed by atoms with Crippen LogP contribution in [0.3, 0.4) is 0 Å². The lowest BCUT2D eigenvalue weighted by Gasteiger charge is -2.22. The van der Waals surface area contributed by atoms with E-state index in [0.29, 0.717) is 24.1 Å². The van der Waals surface area contributed by atoms with Gasteiger partial charge < -0.3 is 10.5 Å². The fourth-order valence-corrected chi connectivity index (χ4v) is 4.22. The predicted molar refractivity (Wildman–Crippen MR) is 100 cm³/mol. The summed E-state index contributed by atoms with van der Waals surface area (Å²) >= 11 is 0. The summed E-state index contributed by atoms with van der Waals surface area (Å²) in [4.78, 5) is 11.8. The summed E-state index contributed by atoms with van der Waals surface area (Å²) in [5.41, 5.74) is 7.57. The van der Waals surface area contributed by atoms with Gasteiger partial charge in [-0.2, -0.15) is 4.31 Å². The Morgan fingerprint density at radius 3 is 2.38 bits per heavy atom. The molecule has 0 aliphatic carbocycles. The van der Waals surface area contributed by atoms with E-state index in [1.165, 1.54) is 29.6 Å². The Morgan fingerprint density at radius 2 is 1.81 bits per heavy atom. The maximum Gasteiger partial charge on any atom is 0.338 e. The number of carbonyl (C=O) groups is 1. The number of hydrogen-bond donors (Lipinski definition) is 1. The lowest BCUT2D eigenvalue weighted by atomic mass is 10.1. The fourth-order valence-electron chi connectivity index (χ4n) is 2.68. The summed E-state index contributed by atoms with van der Waals surface area (Å²) in [6, 6.07) is 14.1. The van der Waals surface area contributed by atoms with E-state index in [4.69, 9.17) is 10.5 Å². The average Bonchev–Trinajstić information content (AvgIpc) is 2.65. The summed E-state index contributed by atoms with van der Waals surface area (Å²) in [5, 5.41) is 0. The van der Waals surface area contributed by atoms with Crippen molar-refractivity contribution in [2.75, 3.05) is 26.7 Å². The van der Waals surface area contributed by atoms with Crippen LogP contribution in [-0.4, -0.2) is 45.4 Å². The summed E-state index contributed by atoms with van der Waals surface area (Å²) in [7, 11) is -2.41. The van der Waals surface area contributed by atoms with Crippen molar-refractivity contribution in [1.29, 1.82) is 0 Å². The lowest BCUT2D eigenvalue weighted by Crippen LogP contribution is -2.37. The monoisotopic (exact) mass is 376 g/mol. The van der Waals surface area contributed by atoms with Crippen LogP contribution in [0, 0.1) is 6.92 Å². The van der Waals surface area contributed by atoms with Crippen LogP contribution in [0.1, 0.15) is 21.5 Å². The third-order valence-corrected chi connectivity index (χ3v) is 6.01. The first-order valence-corrected chi connectivity index (χ1v) is 9.77. The van der Waals surface area contributed by atoms with E-state index in [2.05, 4.69) is 0 Å². The Kier molecular flexibility index (Phi) is 6.90. The lowest BCUT2D eigenvalue weighted by molar-refractivity contribution is 0.0600. The first-order valence-electron chi connectivity index (χ1n) is 8.33. The minimum atomic E-state index is -3.70. The molecule has 0 fully saturated rings. The van der Waals surface area contributed by atoms with Gasteiger partial charge in [-0.25, -0.2) is 13.2 Å². The molecule has 0 radical (unpaired) electrons. The molecule has 26 heavy (non-hydrogen) atoms. The van der Waals surface area contributed by atoms with Gasteiger partial charge in [-0.15, -0.1) is 0 Å². The standard InChI is InChI=1S/C19H24N2O4S/c1-15-14-17(8-9-18(15)19(22)25-2)26(23,24)21(13-11-20)12-10-16-6-4-3-5-7-16/h3-9,14H,10-13,20H2,1-2H3. The molecule has 0 bridgehead atoms. The molecule has 2 N–H and O–H groups in total. The molecule has 0 aliphatic heterocycles. The molecule has 140 valence electrons. The topological polar surface area (TPSA) is 89.7 Å². The zero-order valence-corrected chi connectivity index (χ0v) is 15.8. The first kappa shape index (κ1) is 20.1. The van der Waals surface area contributed by atoms with Gasteiger partial charge in [-0.05, 0) is 42.7 Å². The van der Waals surface area contributed by atoms with Gasteiger partial charge in [0.2, 0.25) is 10.0 Å². The second-order valence-electron chi connectivity index (χ2n) is 5.90. The van der Waals surface area contributed by atoms with Gasteiger partial charge in [-0.1, -0.05) is 30.3 Å². The number of nitrogens with zero attached hydrogens (tertiary/aromatic N) is 1.